The first-order chi connectivity index (χ1) is 5.88. The fourth-order valence-corrected chi connectivity index (χ4v) is 4.17. The van der Waals surface area contributed by atoms with Crippen LogP contribution in [0.15, 0.2) is 22.5 Å². The molecule has 0 amide bonds. The molecular weight excluding hydrogens is 204 g/mol. The number of thiol groups is 3. The summed E-state index contributed by atoms with van der Waals surface area (Å²) in [5, 5.41) is 2.36. The van der Waals surface area contributed by atoms with Crippen LogP contribution in [-0.2, 0) is 0 Å². The Bertz CT molecular complexity index is 184. The largest absolute Gasteiger partial charge is 0.210 e. The lowest BCUT2D eigenvalue weighted by molar-refractivity contribution is 1.12. The molecule has 0 fully saturated rings. The highest BCUT2D eigenvalue weighted by atomic mass is 32.2. The fourth-order valence-electron chi connectivity index (χ4n) is 1.25. The quantitative estimate of drug-likeness (QED) is 0.583. The Morgan fingerprint density at radius 2 is 2.08 bits per heavy atom. The molecule has 12 heavy (non-hydrogen) atoms. The Hall–Kier alpha value is 0.530. The van der Waals surface area contributed by atoms with Gasteiger partial charge in [0.05, 0.1) is 0 Å². The molecule has 0 aromatic carbocycles. The van der Waals surface area contributed by atoms with Crippen molar-refractivity contribution in [3.05, 3.63) is 22.5 Å². The second-order valence-electron chi connectivity index (χ2n) is 2.74. The summed E-state index contributed by atoms with van der Waals surface area (Å²) in [4.78, 5) is 1.61. The molecule has 0 nitrogen and oxygen atoms in total. The van der Waals surface area contributed by atoms with Gasteiger partial charge in [-0.15, -0.1) is 0 Å². The maximum atomic E-state index is 4.25. The molecule has 0 saturated heterocycles. The number of hydrogen-bond acceptors (Lipinski definition) is 2. The van der Waals surface area contributed by atoms with Crippen molar-refractivity contribution >= 4 is 36.2 Å². The molecule has 0 bridgehead atoms. The lowest BCUT2D eigenvalue weighted by atomic mass is 10.4. The molecule has 1 aliphatic rings. The molecule has 70 valence electrons. The van der Waals surface area contributed by atoms with Gasteiger partial charge in [0, 0.05) is 0 Å². The Labute approximate surface area is 88.7 Å². The summed E-state index contributed by atoms with van der Waals surface area (Å²) in [7, 11) is 0.0625. The molecule has 0 aromatic rings. The van der Waals surface area contributed by atoms with Gasteiger partial charge in [0.15, 0.2) is 0 Å². The highest BCUT2D eigenvalue weighted by Crippen LogP contribution is 2.43. The summed E-state index contributed by atoms with van der Waals surface area (Å²) in [5.41, 5.74) is 0. The van der Waals surface area contributed by atoms with Crippen molar-refractivity contribution < 1.29 is 0 Å². The minimum Gasteiger partial charge on any atom is -0.210 e. The molecule has 0 radical (unpaired) electrons. The first-order valence-electron chi connectivity index (χ1n) is 4.24. The van der Waals surface area contributed by atoms with E-state index in [2.05, 4.69) is 42.8 Å². The Morgan fingerprint density at radius 1 is 1.25 bits per heavy atom. The van der Waals surface area contributed by atoms with Gasteiger partial charge < -0.3 is 0 Å². The molecule has 1 atom stereocenters. The number of rotatable bonds is 5. The predicted octanol–water partition coefficient (Wildman–Crippen LogP) is 3.04. The smallest absolute Gasteiger partial charge is 0.00528 e. The maximum Gasteiger partial charge on any atom is -0.00528 e. The van der Waals surface area contributed by atoms with Crippen LogP contribution in [0, 0.1) is 0 Å². The Morgan fingerprint density at radius 3 is 2.75 bits per heavy atom. The van der Waals surface area contributed by atoms with Gasteiger partial charge in [-0.2, -0.15) is 25.3 Å². The molecule has 0 aromatic heterocycles. The van der Waals surface area contributed by atoms with Crippen molar-refractivity contribution in [3.8, 4) is 0 Å². The van der Waals surface area contributed by atoms with E-state index in [1.165, 1.54) is 12.2 Å². The third-order valence-electron chi connectivity index (χ3n) is 1.85. The van der Waals surface area contributed by atoms with Crippen molar-refractivity contribution in [1.29, 1.82) is 0 Å². The molecule has 0 spiro atoms. The van der Waals surface area contributed by atoms with Gasteiger partial charge in [-0.05, 0) is 40.4 Å². The monoisotopic (exact) mass is 220 g/mol. The lowest BCUT2D eigenvalue weighted by Crippen LogP contribution is -1.90. The van der Waals surface area contributed by atoms with Gasteiger partial charge in [-0.1, -0.05) is 12.2 Å². The average molecular weight is 220 g/mol. The van der Waals surface area contributed by atoms with Crippen LogP contribution < -0.4 is 0 Å². The first kappa shape index (κ1) is 10.6. The van der Waals surface area contributed by atoms with Crippen LogP contribution in [0.2, 0.25) is 0 Å². The van der Waals surface area contributed by atoms with Crippen LogP contribution >= 0.6 is 36.2 Å². The molecule has 3 heteroatoms. The standard InChI is InChI=1S/C9H16S3/c10-5-2-8-12-7-1-3-9(12)4-6-11/h1,3,7,10-12H,2,4-6,8H2. The van der Waals surface area contributed by atoms with Gasteiger partial charge in [0.2, 0.25) is 0 Å². The highest BCUT2D eigenvalue weighted by molar-refractivity contribution is 8.23. The van der Waals surface area contributed by atoms with Crippen molar-refractivity contribution in [1.82, 2.24) is 0 Å². The van der Waals surface area contributed by atoms with Crippen LogP contribution in [0.5, 0.6) is 0 Å². The predicted molar refractivity (Wildman–Crippen MR) is 68.0 cm³/mol. The zero-order valence-corrected chi connectivity index (χ0v) is 9.79. The van der Waals surface area contributed by atoms with Crippen LogP contribution in [-0.4, -0.2) is 17.3 Å². The van der Waals surface area contributed by atoms with E-state index in [1.807, 2.05) is 0 Å². The lowest BCUT2D eigenvalue weighted by Gasteiger charge is -2.16. The van der Waals surface area contributed by atoms with Gasteiger partial charge in [-0.3, -0.25) is 0 Å². The van der Waals surface area contributed by atoms with E-state index < -0.39 is 0 Å². The van der Waals surface area contributed by atoms with E-state index in [4.69, 9.17) is 0 Å². The third-order valence-corrected chi connectivity index (χ3v) is 4.83. The first-order valence-corrected chi connectivity index (χ1v) is 7.10. The second-order valence-corrected chi connectivity index (χ2v) is 5.90. The minimum absolute atomic E-state index is 0.0625. The van der Waals surface area contributed by atoms with Gasteiger partial charge in [-0.25, -0.2) is 10.9 Å². The topological polar surface area (TPSA) is 0 Å². The normalized spacial score (nSPS) is 24.5. The zero-order chi connectivity index (χ0) is 8.81. The van der Waals surface area contributed by atoms with E-state index in [0.717, 1.165) is 17.9 Å². The summed E-state index contributed by atoms with van der Waals surface area (Å²) in [6.45, 7) is 0. The summed E-state index contributed by atoms with van der Waals surface area (Å²) in [5.74, 6) is 3.31. The van der Waals surface area contributed by atoms with Gasteiger partial charge in [0.25, 0.3) is 0 Å². The Balaban J connectivity index is 2.33. The molecule has 0 N–H and O–H groups in total. The summed E-state index contributed by atoms with van der Waals surface area (Å²) < 4.78 is 0. The average Bonchev–Trinajstić information content (AvgIpc) is 2.50. The molecule has 1 aliphatic heterocycles. The van der Waals surface area contributed by atoms with E-state index in [-0.39, 0.29) is 10.9 Å². The van der Waals surface area contributed by atoms with Crippen molar-refractivity contribution in [2.45, 2.75) is 12.8 Å². The third kappa shape index (κ3) is 3.11. The van der Waals surface area contributed by atoms with Crippen molar-refractivity contribution in [3.63, 3.8) is 0 Å². The van der Waals surface area contributed by atoms with E-state index in [0.29, 0.717) is 0 Å². The SMILES string of the molecule is SCCC[SH]1C=CC=C1CCS. The number of allylic oxidation sites excluding steroid dienone is 3. The zero-order valence-electron chi connectivity index (χ0n) is 7.11. The fraction of sp³-hybridized carbons (Fsp3) is 0.556. The van der Waals surface area contributed by atoms with E-state index in [1.54, 1.807) is 4.91 Å². The van der Waals surface area contributed by atoms with Crippen LogP contribution in [0.4, 0.5) is 0 Å². The molecule has 1 unspecified atom stereocenters. The highest BCUT2D eigenvalue weighted by Gasteiger charge is 2.08. The summed E-state index contributed by atoms with van der Waals surface area (Å²) in [6, 6.07) is 0. The van der Waals surface area contributed by atoms with Crippen molar-refractivity contribution in [2.75, 3.05) is 17.3 Å². The molecule has 1 heterocycles. The van der Waals surface area contributed by atoms with E-state index in [9.17, 15) is 0 Å². The van der Waals surface area contributed by atoms with Crippen LogP contribution in [0.1, 0.15) is 12.8 Å². The molecular formula is C9H16S3. The number of hydrogen-bond donors (Lipinski definition) is 3. The summed E-state index contributed by atoms with van der Waals surface area (Å²) in [6.07, 6.45) is 6.86. The van der Waals surface area contributed by atoms with E-state index >= 15 is 0 Å². The molecule has 0 aliphatic carbocycles. The summed E-state index contributed by atoms with van der Waals surface area (Å²) >= 11 is 8.48. The molecule has 0 saturated carbocycles. The van der Waals surface area contributed by atoms with Crippen LogP contribution in [0.3, 0.4) is 0 Å². The van der Waals surface area contributed by atoms with Gasteiger partial charge >= 0.3 is 0 Å². The minimum atomic E-state index is 0.0625. The maximum absolute atomic E-state index is 4.25. The van der Waals surface area contributed by atoms with Crippen molar-refractivity contribution in [2.24, 2.45) is 0 Å². The second kappa shape index (κ2) is 6.06. The van der Waals surface area contributed by atoms with Gasteiger partial charge in [0.1, 0.15) is 0 Å². The van der Waals surface area contributed by atoms with Crippen LogP contribution in [0.25, 0.3) is 0 Å². The molecule has 1 rings (SSSR count). The Kier molecular flexibility index (Phi) is 5.35.